The van der Waals surface area contributed by atoms with Gasteiger partial charge in [-0.25, -0.2) is 0 Å². The molecule has 0 amide bonds. The summed E-state index contributed by atoms with van der Waals surface area (Å²) in [5.74, 6) is 0. The van der Waals surface area contributed by atoms with Crippen LogP contribution in [-0.4, -0.2) is 10.2 Å². The van der Waals surface area contributed by atoms with Crippen molar-refractivity contribution < 1.29 is 0 Å². The van der Waals surface area contributed by atoms with Crippen molar-refractivity contribution in [2.45, 2.75) is 20.3 Å². The van der Waals surface area contributed by atoms with Crippen molar-refractivity contribution in [3.8, 4) is 6.07 Å². The Labute approximate surface area is 71.7 Å². The van der Waals surface area contributed by atoms with E-state index in [1.165, 1.54) is 0 Å². The zero-order valence-corrected chi connectivity index (χ0v) is 7.26. The second-order valence-electron chi connectivity index (χ2n) is 2.43. The molecule has 0 spiro atoms. The van der Waals surface area contributed by atoms with Crippen molar-refractivity contribution >= 4 is 5.57 Å². The molecular weight excluding hydrogens is 150 g/mol. The third-order valence-corrected chi connectivity index (χ3v) is 1.77. The van der Waals surface area contributed by atoms with E-state index in [0.717, 1.165) is 17.7 Å². The van der Waals surface area contributed by atoms with Gasteiger partial charge in [0.2, 0.25) is 0 Å². The van der Waals surface area contributed by atoms with Crippen LogP contribution in [0.15, 0.2) is 12.3 Å². The first-order chi connectivity index (χ1) is 5.83. The van der Waals surface area contributed by atoms with Crippen LogP contribution >= 0.6 is 0 Å². The number of aryl methyl sites for hydroxylation is 1. The summed E-state index contributed by atoms with van der Waals surface area (Å²) in [6, 6.07) is 2.13. The van der Waals surface area contributed by atoms with Crippen molar-refractivity contribution in [2.75, 3.05) is 0 Å². The van der Waals surface area contributed by atoms with Crippen molar-refractivity contribution in [2.24, 2.45) is 0 Å². The van der Waals surface area contributed by atoms with E-state index in [9.17, 15) is 0 Å². The molecule has 3 nitrogen and oxygen atoms in total. The second kappa shape index (κ2) is 3.72. The number of nitrogens with zero attached hydrogens (tertiary/aromatic N) is 2. The van der Waals surface area contributed by atoms with Crippen LogP contribution in [0.2, 0.25) is 0 Å². The van der Waals surface area contributed by atoms with Gasteiger partial charge in [-0.3, -0.25) is 5.10 Å². The molecule has 1 aromatic rings. The summed E-state index contributed by atoms with van der Waals surface area (Å²) in [5, 5.41) is 15.5. The van der Waals surface area contributed by atoms with Crippen molar-refractivity contribution in [3.63, 3.8) is 0 Å². The minimum Gasteiger partial charge on any atom is -0.282 e. The Balaban J connectivity index is 3.11. The molecule has 62 valence electrons. The Bertz CT molecular complexity index is 328. The van der Waals surface area contributed by atoms with E-state index in [4.69, 9.17) is 5.26 Å². The standard InChI is InChI=1S/C9H11N3/c1-3-7(5-10)8-6-11-12-9(8)4-2/h3,6H,4H2,1-2H3,(H,11,12)/b7-3-. The lowest BCUT2D eigenvalue weighted by atomic mass is 10.1. The van der Waals surface area contributed by atoms with Gasteiger partial charge in [0.05, 0.1) is 17.8 Å². The smallest absolute Gasteiger partial charge is 0.0995 e. The molecule has 0 radical (unpaired) electrons. The van der Waals surface area contributed by atoms with E-state index in [2.05, 4.69) is 16.3 Å². The van der Waals surface area contributed by atoms with Crippen LogP contribution in [0.25, 0.3) is 5.57 Å². The molecule has 0 atom stereocenters. The van der Waals surface area contributed by atoms with Crippen LogP contribution in [-0.2, 0) is 6.42 Å². The molecule has 0 fully saturated rings. The lowest BCUT2D eigenvalue weighted by Crippen LogP contribution is -1.86. The van der Waals surface area contributed by atoms with Gasteiger partial charge in [0.1, 0.15) is 0 Å². The fraction of sp³-hybridized carbons (Fsp3) is 0.333. The largest absolute Gasteiger partial charge is 0.282 e. The Kier molecular flexibility index (Phi) is 2.65. The molecular formula is C9H11N3. The normalized spacial score (nSPS) is 11.2. The maximum atomic E-state index is 8.76. The highest BCUT2D eigenvalue weighted by molar-refractivity contribution is 5.77. The topological polar surface area (TPSA) is 52.5 Å². The third kappa shape index (κ3) is 1.37. The molecule has 0 aliphatic carbocycles. The monoisotopic (exact) mass is 161 g/mol. The minimum absolute atomic E-state index is 0.681. The summed E-state index contributed by atoms with van der Waals surface area (Å²) in [5.41, 5.74) is 2.62. The van der Waals surface area contributed by atoms with Crippen molar-refractivity contribution in [1.29, 1.82) is 5.26 Å². The van der Waals surface area contributed by atoms with Crippen molar-refractivity contribution in [3.05, 3.63) is 23.5 Å². The van der Waals surface area contributed by atoms with Crippen LogP contribution in [0.3, 0.4) is 0 Å². The Hall–Kier alpha value is -1.56. The van der Waals surface area contributed by atoms with E-state index in [1.807, 2.05) is 13.8 Å². The van der Waals surface area contributed by atoms with Crippen LogP contribution in [0.1, 0.15) is 25.1 Å². The maximum Gasteiger partial charge on any atom is 0.0995 e. The highest BCUT2D eigenvalue weighted by Crippen LogP contribution is 2.16. The first kappa shape index (κ1) is 8.54. The van der Waals surface area contributed by atoms with Gasteiger partial charge in [0.15, 0.2) is 0 Å². The number of hydrogen-bond donors (Lipinski definition) is 1. The number of rotatable bonds is 2. The maximum absolute atomic E-state index is 8.76. The average Bonchev–Trinajstić information content (AvgIpc) is 2.55. The molecule has 0 bridgehead atoms. The lowest BCUT2D eigenvalue weighted by molar-refractivity contribution is 0.973. The molecule has 1 N–H and O–H groups in total. The summed E-state index contributed by atoms with van der Waals surface area (Å²) in [4.78, 5) is 0. The summed E-state index contributed by atoms with van der Waals surface area (Å²) in [7, 11) is 0. The predicted octanol–water partition coefficient (Wildman–Crippen LogP) is 1.90. The van der Waals surface area contributed by atoms with Gasteiger partial charge in [0.25, 0.3) is 0 Å². The SMILES string of the molecule is C/C=C(/C#N)c1cn[nH]c1CC. The lowest BCUT2D eigenvalue weighted by Gasteiger charge is -1.95. The van der Waals surface area contributed by atoms with Crippen LogP contribution in [0, 0.1) is 11.3 Å². The van der Waals surface area contributed by atoms with E-state index in [0.29, 0.717) is 5.57 Å². The highest BCUT2D eigenvalue weighted by Gasteiger charge is 2.06. The number of aromatic amines is 1. The molecule has 0 aliphatic rings. The molecule has 0 unspecified atom stereocenters. The number of allylic oxidation sites excluding steroid dienone is 2. The summed E-state index contributed by atoms with van der Waals surface area (Å²) in [6.07, 6.45) is 4.36. The Morgan fingerprint density at radius 1 is 1.83 bits per heavy atom. The fourth-order valence-corrected chi connectivity index (χ4v) is 1.09. The van der Waals surface area contributed by atoms with Crippen LogP contribution in [0.4, 0.5) is 0 Å². The summed E-state index contributed by atoms with van der Waals surface area (Å²) >= 11 is 0. The molecule has 0 saturated heterocycles. The summed E-state index contributed by atoms with van der Waals surface area (Å²) < 4.78 is 0. The molecule has 0 aliphatic heterocycles. The van der Waals surface area contributed by atoms with Crippen molar-refractivity contribution in [1.82, 2.24) is 10.2 Å². The van der Waals surface area contributed by atoms with Gasteiger partial charge >= 0.3 is 0 Å². The second-order valence-corrected chi connectivity index (χ2v) is 2.43. The van der Waals surface area contributed by atoms with E-state index in [1.54, 1.807) is 12.3 Å². The number of nitriles is 1. The highest BCUT2D eigenvalue weighted by atomic mass is 15.1. The molecule has 1 heterocycles. The van der Waals surface area contributed by atoms with Gasteiger partial charge in [-0.2, -0.15) is 10.4 Å². The average molecular weight is 161 g/mol. The number of H-pyrrole nitrogens is 1. The molecule has 0 aromatic carbocycles. The minimum atomic E-state index is 0.681. The molecule has 3 heteroatoms. The van der Waals surface area contributed by atoms with Gasteiger partial charge in [-0.05, 0) is 13.3 Å². The van der Waals surface area contributed by atoms with Gasteiger partial charge in [-0.1, -0.05) is 13.0 Å². The summed E-state index contributed by atoms with van der Waals surface area (Å²) in [6.45, 7) is 3.88. The fourth-order valence-electron chi connectivity index (χ4n) is 1.09. The third-order valence-electron chi connectivity index (χ3n) is 1.77. The Morgan fingerprint density at radius 2 is 2.58 bits per heavy atom. The first-order valence-electron chi connectivity index (χ1n) is 3.92. The Morgan fingerprint density at radius 3 is 3.08 bits per heavy atom. The molecule has 12 heavy (non-hydrogen) atoms. The van der Waals surface area contributed by atoms with E-state index in [-0.39, 0.29) is 0 Å². The molecule has 0 saturated carbocycles. The van der Waals surface area contributed by atoms with Gasteiger partial charge < -0.3 is 0 Å². The predicted molar refractivity (Wildman–Crippen MR) is 47.2 cm³/mol. The molecule has 1 rings (SSSR count). The number of hydrogen-bond acceptors (Lipinski definition) is 2. The first-order valence-corrected chi connectivity index (χ1v) is 3.92. The number of nitrogens with one attached hydrogen (secondary N) is 1. The zero-order valence-electron chi connectivity index (χ0n) is 7.26. The quantitative estimate of drug-likeness (QED) is 0.673. The van der Waals surface area contributed by atoms with Crippen LogP contribution in [0.5, 0.6) is 0 Å². The van der Waals surface area contributed by atoms with Gasteiger partial charge in [-0.15, -0.1) is 0 Å². The van der Waals surface area contributed by atoms with E-state index < -0.39 is 0 Å². The zero-order chi connectivity index (χ0) is 8.97. The van der Waals surface area contributed by atoms with Crippen LogP contribution < -0.4 is 0 Å². The molecule has 1 aromatic heterocycles. The van der Waals surface area contributed by atoms with Gasteiger partial charge in [0, 0.05) is 11.3 Å². The number of aromatic nitrogens is 2. The van der Waals surface area contributed by atoms with E-state index >= 15 is 0 Å².